The Morgan fingerprint density at radius 2 is 2.00 bits per heavy atom. The molecule has 0 atom stereocenters. The number of carbonyl (C=O) groups is 1. The highest BCUT2D eigenvalue weighted by molar-refractivity contribution is 6.17. The summed E-state index contributed by atoms with van der Waals surface area (Å²) in [6.45, 7) is 2.76. The zero-order chi connectivity index (χ0) is 12.1. The molecule has 0 radical (unpaired) electrons. The van der Waals surface area contributed by atoms with E-state index in [2.05, 4.69) is 5.32 Å². The average Bonchev–Trinajstić information content (AvgIpc) is 2.29. The Hall–Kier alpha value is -0.360. The SMILES string of the molecule is COCCOCC(=O)NCCCOCCCl. The van der Waals surface area contributed by atoms with Gasteiger partial charge < -0.3 is 19.5 Å². The maximum atomic E-state index is 11.2. The standard InChI is InChI=1S/C10H20ClNO4/c1-14-7-8-16-9-10(13)12-4-2-5-15-6-3-11/h2-9H2,1H3,(H,12,13). The molecule has 0 aromatic carbocycles. The van der Waals surface area contributed by atoms with Gasteiger partial charge >= 0.3 is 0 Å². The summed E-state index contributed by atoms with van der Waals surface area (Å²) >= 11 is 5.43. The van der Waals surface area contributed by atoms with Crippen molar-refractivity contribution in [3.63, 3.8) is 0 Å². The third kappa shape index (κ3) is 11.7. The van der Waals surface area contributed by atoms with E-state index in [-0.39, 0.29) is 12.5 Å². The first-order chi connectivity index (χ1) is 7.81. The lowest BCUT2D eigenvalue weighted by Gasteiger charge is -2.06. The predicted molar refractivity (Wildman–Crippen MR) is 61.9 cm³/mol. The Labute approximate surface area is 101 Å². The second kappa shape index (κ2) is 12.7. The molecule has 5 nitrogen and oxygen atoms in total. The van der Waals surface area contributed by atoms with Crippen molar-refractivity contribution in [2.45, 2.75) is 6.42 Å². The summed E-state index contributed by atoms with van der Waals surface area (Å²) in [6.07, 6.45) is 0.778. The fourth-order valence-corrected chi connectivity index (χ4v) is 1.03. The summed E-state index contributed by atoms with van der Waals surface area (Å²) < 4.78 is 15.0. The van der Waals surface area contributed by atoms with Gasteiger partial charge in [0, 0.05) is 26.1 Å². The summed E-state index contributed by atoms with van der Waals surface area (Å²) in [6, 6.07) is 0. The maximum absolute atomic E-state index is 11.2. The Balaban J connectivity index is 3.11. The molecule has 0 unspecified atom stereocenters. The van der Waals surface area contributed by atoms with E-state index in [0.29, 0.717) is 38.9 Å². The minimum Gasteiger partial charge on any atom is -0.382 e. The monoisotopic (exact) mass is 253 g/mol. The lowest BCUT2D eigenvalue weighted by molar-refractivity contribution is -0.126. The van der Waals surface area contributed by atoms with E-state index >= 15 is 0 Å². The van der Waals surface area contributed by atoms with E-state index in [1.807, 2.05) is 0 Å². The van der Waals surface area contributed by atoms with Gasteiger partial charge in [-0.05, 0) is 6.42 Å². The maximum Gasteiger partial charge on any atom is 0.246 e. The molecule has 0 rings (SSSR count). The highest BCUT2D eigenvalue weighted by atomic mass is 35.5. The van der Waals surface area contributed by atoms with Gasteiger partial charge in [-0.3, -0.25) is 4.79 Å². The summed E-state index contributed by atoms with van der Waals surface area (Å²) in [5, 5.41) is 2.72. The Morgan fingerprint density at radius 1 is 1.19 bits per heavy atom. The van der Waals surface area contributed by atoms with Crippen LogP contribution in [0, 0.1) is 0 Å². The van der Waals surface area contributed by atoms with E-state index in [4.69, 9.17) is 25.8 Å². The van der Waals surface area contributed by atoms with Crippen molar-refractivity contribution in [1.29, 1.82) is 0 Å². The Kier molecular flexibility index (Phi) is 12.4. The number of amides is 1. The van der Waals surface area contributed by atoms with E-state index in [1.165, 1.54) is 0 Å². The smallest absolute Gasteiger partial charge is 0.246 e. The molecule has 0 aliphatic carbocycles. The van der Waals surface area contributed by atoms with E-state index in [9.17, 15) is 4.79 Å². The molecular weight excluding hydrogens is 234 g/mol. The van der Waals surface area contributed by atoms with Crippen LogP contribution in [0.15, 0.2) is 0 Å². The number of ether oxygens (including phenoxy) is 3. The molecule has 0 aliphatic heterocycles. The number of nitrogens with one attached hydrogen (secondary N) is 1. The van der Waals surface area contributed by atoms with Gasteiger partial charge in [-0.1, -0.05) is 0 Å². The summed E-state index contributed by atoms with van der Waals surface area (Å²) in [7, 11) is 1.59. The zero-order valence-corrected chi connectivity index (χ0v) is 10.4. The third-order valence-corrected chi connectivity index (χ3v) is 1.83. The van der Waals surface area contributed by atoms with Crippen molar-refractivity contribution in [3.05, 3.63) is 0 Å². The predicted octanol–water partition coefficient (Wildman–Crippen LogP) is 0.411. The van der Waals surface area contributed by atoms with Crippen LogP contribution in [-0.4, -0.2) is 58.5 Å². The molecule has 96 valence electrons. The summed E-state index contributed by atoms with van der Waals surface area (Å²) in [5.41, 5.74) is 0. The van der Waals surface area contributed by atoms with Gasteiger partial charge in [-0.25, -0.2) is 0 Å². The van der Waals surface area contributed by atoms with Crippen molar-refractivity contribution < 1.29 is 19.0 Å². The van der Waals surface area contributed by atoms with Crippen molar-refractivity contribution in [1.82, 2.24) is 5.32 Å². The fourth-order valence-electron chi connectivity index (χ4n) is 0.917. The van der Waals surface area contributed by atoms with Crippen LogP contribution in [-0.2, 0) is 19.0 Å². The number of alkyl halides is 1. The van der Waals surface area contributed by atoms with Crippen LogP contribution in [0.5, 0.6) is 0 Å². The quantitative estimate of drug-likeness (QED) is 0.428. The number of halogens is 1. The van der Waals surface area contributed by atoms with Crippen LogP contribution < -0.4 is 5.32 Å². The lowest BCUT2D eigenvalue weighted by atomic mass is 10.4. The molecular formula is C10H20ClNO4. The second-order valence-electron chi connectivity index (χ2n) is 3.05. The van der Waals surface area contributed by atoms with Gasteiger partial charge in [0.2, 0.25) is 5.91 Å². The van der Waals surface area contributed by atoms with Crippen molar-refractivity contribution in [2.24, 2.45) is 0 Å². The minimum atomic E-state index is -0.117. The van der Waals surface area contributed by atoms with Gasteiger partial charge in [-0.2, -0.15) is 0 Å². The Morgan fingerprint density at radius 3 is 2.69 bits per heavy atom. The lowest BCUT2D eigenvalue weighted by Crippen LogP contribution is -2.29. The first-order valence-electron chi connectivity index (χ1n) is 5.28. The van der Waals surface area contributed by atoms with Crippen molar-refractivity contribution in [2.75, 3.05) is 52.6 Å². The molecule has 0 spiro atoms. The molecule has 6 heteroatoms. The summed E-state index contributed by atoms with van der Waals surface area (Å²) in [4.78, 5) is 11.2. The van der Waals surface area contributed by atoms with Crippen LogP contribution in [0.25, 0.3) is 0 Å². The number of methoxy groups -OCH3 is 1. The molecule has 0 aliphatic rings. The largest absolute Gasteiger partial charge is 0.382 e. The molecule has 1 N–H and O–H groups in total. The van der Waals surface area contributed by atoms with Gasteiger partial charge in [-0.15, -0.1) is 11.6 Å². The van der Waals surface area contributed by atoms with Crippen LogP contribution in [0.3, 0.4) is 0 Å². The fraction of sp³-hybridized carbons (Fsp3) is 0.900. The average molecular weight is 254 g/mol. The van der Waals surface area contributed by atoms with Crippen molar-refractivity contribution >= 4 is 17.5 Å². The first kappa shape index (κ1) is 15.6. The van der Waals surface area contributed by atoms with Crippen LogP contribution in [0.2, 0.25) is 0 Å². The van der Waals surface area contributed by atoms with Gasteiger partial charge in [0.25, 0.3) is 0 Å². The van der Waals surface area contributed by atoms with Crippen LogP contribution in [0.1, 0.15) is 6.42 Å². The third-order valence-electron chi connectivity index (χ3n) is 1.67. The number of carbonyl (C=O) groups excluding carboxylic acids is 1. The van der Waals surface area contributed by atoms with Gasteiger partial charge in [0.1, 0.15) is 6.61 Å². The minimum absolute atomic E-state index is 0.0753. The molecule has 0 fully saturated rings. The molecule has 0 heterocycles. The van der Waals surface area contributed by atoms with Crippen molar-refractivity contribution in [3.8, 4) is 0 Å². The normalized spacial score (nSPS) is 10.4. The van der Waals surface area contributed by atoms with Gasteiger partial charge in [0.05, 0.1) is 19.8 Å². The number of hydrogen-bond acceptors (Lipinski definition) is 4. The molecule has 0 saturated carbocycles. The number of rotatable bonds is 11. The van der Waals surface area contributed by atoms with E-state index in [0.717, 1.165) is 6.42 Å². The highest BCUT2D eigenvalue weighted by Crippen LogP contribution is 1.84. The second-order valence-corrected chi connectivity index (χ2v) is 3.43. The topological polar surface area (TPSA) is 56.8 Å². The van der Waals surface area contributed by atoms with Gasteiger partial charge in [0.15, 0.2) is 0 Å². The summed E-state index contributed by atoms with van der Waals surface area (Å²) in [5.74, 6) is 0.383. The molecule has 1 amide bonds. The first-order valence-corrected chi connectivity index (χ1v) is 5.81. The van der Waals surface area contributed by atoms with Crippen LogP contribution >= 0.6 is 11.6 Å². The van der Waals surface area contributed by atoms with E-state index in [1.54, 1.807) is 7.11 Å². The van der Waals surface area contributed by atoms with Crippen LogP contribution in [0.4, 0.5) is 0 Å². The molecule has 0 bridgehead atoms. The molecule has 0 saturated heterocycles. The molecule has 16 heavy (non-hydrogen) atoms. The number of hydrogen-bond donors (Lipinski definition) is 1. The Bertz CT molecular complexity index is 169. The molecule has 0 aromatic heterocycles. The molecule has 0 aromatic rings. The van der Waals surface area contributed by atoms with E-state index < -0.39 is 0 Å². The highest BCUT2D eigenvalue weighted by Gasteiger charge is 1.99. The zero-order valence-electron chi connectivity index (χ0n) is 9.67.